The van der Waals surface area contributed by atoms with Crippen molar-refractivity contribution in [1.82, 2.24) is 14.5 Å². The van der Waals surface area contributed by atoms with Gasteiger partial charge in [-0.15, -0.1) is 0 Å². The Morgan fingerprint density at radius 2 is 1.81 bits per heavy atom. The highest BCUT2D eigenvalue weighted by Crippen LogP contribution is 2.28. The van der Waals surface area contributed by atoms with E-state index in [1.807, 2.05) is 57.2 Å². The van der Waals surface area contributed by atoms with Crippen LogP contribution in [-0.2, 0) is 4.74 Å². The van der Waals surface area contributed by atoms with Crippen molar-refractivity contribution < 1.29 is 9.53 Å². The second-order valence-corrected chi connectivity index (χ2v) is 9.88. The smallest absolute Gasteiger partial charge is 0.266 e. The largest absolute Gasteiger partial charge is 0.385 e. The molecule has 0 radical (unpaired) electrons. The molecule has 0 aliphatic heterocycles. The zero-order valence-corrected chi connectivity index (χ0v) is 22.8. The Hall–Kier alpha value is -3.19. The van der Waals surface area contributed by atoms with Gasteiger partial charge >= 0.3 is 0 Å². The van der Waals surface area contributed by atoms with Crippen molar-refractivity contribution in [3.8, 4) is 5.69 Å². The van der Waals surface area contributed by atoms with Crippen molar-refractivity contribution in [2.75, 3.05) is 20.3 Å². The fraction of sp³-hybridized carbons (Fsp3) is 0.276. The lowest BCUT2D eigenvalue weighted by Gasteiger charge is -2.31. The van der Waals surface area contributed by atoms with Gasteiger partial charge in [0, 0.05) is 25.3 Å². The summed E-state index contributed by atoms with van der Waals surface area (Å²) in [5.74, 6) is 0.183. The summed E-state index contributed by atoms with van der Waals surface area (Å²) < 4.78 is 6.86. The van der Waals surface area contributed by atoms with E-state index in [9.17, 15) is 9.59 Å². The Bertz CT molecular complexity index is 1520. The van der Waals surface area contributed by atoms with Gasteiger partial charge in [0.1, 0.15) is 5.82 Å². The molecule has 0 saturated carbocycles. The summed E-state index contributed by atoms with van der Waals surface area (Å²) >= 11 is 12.5. The van der Waals surface area contributed by atoms with Gasteiger partial charge in [-0.25, -0.2) is 4.98 Å². The topological polar surface area (TPSA) is 64.4 Å². The first-order chi connectivity index (χ1) is 17.7. The summed E-state index contributed by atoms with van der Waals surface area (Å²) in [6.45, 7) is 6.76. The van der Waals surface area contributed by atoms with Crippen molar-refractivity contribution >= 4 is 40.0 Å². The maximum Gasteiger partial charge on any atom is 0.266 e. The van der Waals surface area contributed by atoms with Crippen LogP contribution in [0.3, 0.4) is 0 Å². The van der Waals surface area contributed by atoms with Crippen molar-refractivity contribution in [3.05, 3.63) is 104 Å². The molecule has 0 N–H and O–H groups in total. The number of benzene rings is 3. The normalized spacial score (nSPS) is 12.1. The van der Waals surface area contributed by atoms with Gasteiger partial charge in [0.05, 0.1) is 33.2 Å². The zero-order chi connectivity index (χ0) is 26.7. The van der Waals surface area contributed by atoms with Gasteiger partial charge in [0.2, 0.25) is 0 Å². The Labute approximate surface area is 226 Å². The molecule has 1 unspecified atom stereocenters. The highest BCUT2D eigenvalue weighted by molar-refractivity contribution is 6.36. The van der Waals surface area contributed by atoms with Gasteiger partial charge in [-0.1, -0.05) is 41.4 Å². The Balaban J connectivity index is 1.91. The highest BCUT2D eigenvalue weighted by Gasteiger charge is 2.28. The van der Waals surface area contributed by atoms with Crippen LogP contribution in [0.25, 0.3) is 16.6 Å². The summed E-state index contributed by atoms with van der Waals surface area (Å²) in [6.07, 6.45) is 0.596. The molecule has 1 aromatic heterocycles. The molecule has 6 nitrogen and oxygen atoms in total. The number of hydrogen-bond donors (Lipinski definition) is 0. The lowest BCUT2D eigenvalue weighted by molar-refractivity contribution is 0.0657. The van der Waals surface area contributed by atoms with Crippen molar-refractivity contribution in [3.63, 3.8) is 0 Å². The van der Waals surface area contributed by atoms with Crippen LogP contribution in [0, 0.1) is 13.8 Å². The van der Waals surface area contributed by atoms with Crippen LogP contribution in [0.5, 0.6) is 0 Å². The standard InChI is InChI=1S/C29H29Cl2N3O3/c1-18-10-12-22(16-19(18)2)34-27(32-26-9-6-5-8-24(26)29(34)36)20(3)33(14-7-15-37-4)28(35)23-13-11-21(30)17-25(23)31/h5-6,8-13,16-17,20H,7,14-15H2,1-4H3. The summed E-state index contributed by atoms with van der Waals surface area (Å²) in [4.78, 5) is 34.2. The molecule has 0 aliphatic carbocycles. The number of ether oxygens (including phenoxy) is 1. The maximum atomic E-state index is 13.8. The van der Waals surface area contributed by atoms with E-state index in [0.717, 1.165) is 11.1 Å². The SMILES string of the molecule is COCCCN(C(=O)c1ccc(Cl)cc1Cl)C(C)c1nc2ccccc2c(=O)n1-c1ccc(C)c(C)c1. The lowest BCUT2D eigenvalue weighted by Crippen LogP contribution is -2.38. The summed E-state index contributed by atoms with van der Waals surface area (Å²) in [7, 11) is 1.62. The average molecular weight is 538 g/mol. The van der Waals surface area contributed by atoms with Crippen molar-refractivity contribution in [2.24, 2.45) is 0 Å². The molecular formula is C29H29Cl2N3O3. The van der Waals surface area contributed by atoms with Crippen molar-refractivity contribution in [1.29, 1.82) is 0 Å². The Kier molecular flexibility index (Phi) is 8.32. The number of fused-ring (bicyclic) bond motifs is 1. The third-order valence-electron chi connectivity index (χ3n) is 6.56. The fourth-order valence-corrected chi connectivity index (χ4v) is 4.84. The van der Waals surface area contributed by atoms with Crippen LogP contribution in [0.1, 0.15) is 46.7 Å². The quantitative estimate of drug-likeness (QED) is 0.239. The summed E-state index contributed by atoms with van der Waals surface area (Å²) in [5.41, 5.74) is 3.58. The maximum absolute atomic E-state index is 13.8. The van der Waals surface area contributed by atoms with Crippen molar-refractivity contribution in [2.45, 2.75) is 33.2 Å². The van der Waals surface area contributed by atoms with Crippen LogP contribution in [0.15, 0.2) is 65.5 Å². The second kappa shape index (κ2) is 11.5. The predicted octanol–water partition coefficient (Wildman–Crippen LogP) is 6.55. The molecular weight excluding hydrogens is 509 g/mol. The first kappa shape index (κ1) is 26.9. The van der Waals surface area contributed by atoms with E-state index in [2.05, 4.69) is 0 Å². The van der Waals surface area contributed by atoms with Gasteiger partial charge < -0.3 is 9.64 Å². The number of carbonyl (C=O) groups is 1. The van der Waals surface area contributed by atoms with Crippen LogP contribution in [0.4, 0.5) is 0 Å². The number of para-hydroxylation sites is 1. The molecule has 192 valence electrons. The van der Waals surface area contributed by atoms with E-state index in [4.69, 9.17) is 32.9 Å². The van der Waals surface area contributed by atoms with E-state index in [1.165, 1.54) is 0 Å². The number of nitrogens with zero attached hydrogens (tertiary/aromatic N) is 3. The number of rotatable bonds is 8. The Morgan fingerprint density at radius 1 is 1.05 bits per heavy atom. The minimum Gasteiger partial charge on any atom is -0.385 e. The molecule has 1 heterocycles. The van der Waals surface area contributed by atoms with Crippen LogP contribution in [0.2, 0.25) is 10.0 Å². The van der Waals surface area contributed by atoms with Gasteiger partial charge in [0.15, 0.2) is 0 Å². The minimum absolute atomic E-state index is 0.190. The number of hydrogen-bond acceptors (Lipinski definition) is 4. The molecule has 3 aromatic carbocycles. The number of methoxy groups -OCH3 is 1. The van der Waals surface area contributed by atoms with E-state index in [0.29, 0.717) is 52.6 Å². The molecule has 0 bridgehead atoms. The summed E-state index contributed by atoms with van der Waals surface area (Å²) in [6, 6.07) is 17.3. The number of carbonyl (C=O) groups excluding carboxylic acids is 1. The number of aryl methyl sites for hydroxylation is 2. The Morgan fingerprint density at radius 3 is 2.51 bits per heavy atom. The molecule has 37 heavy (non-hydrogen) atoms. The minimum atomic E-state index is -0.560. The molecule has 0 aliphatic rings. The molecule has 0 saturated heterocycles. The molecule has 0 fully saturated rings. The molecule has 0 spiro atoms. The van der Waals surface area contributed by atoms with Gasteiger partial charge in [-0.05, 0) is 80.8 Å². The van der Waals surface area contributed by atoms with Gasteiger partial charge in [-0.2, -0.15) is 0 Å². The highest BCUT2D eigenvalue weighted by atomic mass is 35.5. The molecule has 1 amide bonds. The number of halogens is 2. The molecule has 4 aromatic rings. The third kappa shape index (κ3) is 5.57. The van der Waals surface area contributed by atoms with Gasteiger partial charge in [-0.3, -0.25) is 14.2 Å². The molecule has 1 atom stereocenters. The van der Waals surface area contributed by atoms with E-state index >= 15 is 0 Å². The molecule has 4 rings (SSSR count). The zero-order valence-electron chi connectivity index (χ0n) is 21.3. The second-order valence-electron chi connectivity index (χ2n) is 9.04. The number of aromatic nitrogens is 2. The van der Waals surface area contributed by atoms with E-state index in [1.54, 1.807) is 40.8 Å². The first-order valence-corrected chi connectivity index (χ1v) is 12.8. The fourth-order valence-electron chi connectivity index (χ4n) is 4.35. The van der Waals surface area contributed by atoms with E-state index in [-0.39, 0.29) is 16.5 Å². The summed E-state index contributed by atoms with van der Waals surface area (Å²) in [5, 5.41) is 1.22. The molecule has 8 heteroatoms. The predicted molar refractivity (Wildman–Crippen MR) is 149 cm³/mol. The average Bonchev–Trinajstić information content (AvgIpc) is 2.88. The van der Waals surface area contributed by atoms with Crippen LogP contribution < -0.4 is 5.56 Å². The number of amides is 1. The lowest BCUT2D eigenvalue weighted by atomic mass is 10.1. The first-order valence-electron chi connectivity index (χ1n) is 12.1. The monoisotopic (exact) mass is 537 g/mol. The van der Waals surface area contributed by atoms with Gasteiger partial charge in [0.25, 0.3) is 11.5 Å². The van der Waals surface area contributed by atoms with Crippen LogP contribution >= 0.6 is 23.2 Å². The van der Waals surface area contributed by atoms with Crippen LogP contribution in [-0.4, -0.2) is 40.6 Å². The van der Waals surface area contributed by atoms with E-state index < -0.39 is 6.04 Å². The third-order valence-corrected chi connectivity index (χ3v) is 7.11.